The molecular weight excluding hydrogens is 400 g/mol. The van der Waals surface area contributed by atoms with Gasteiger partial charge in [-0.2, -0.15) is 17.6 Å². The number of benzene rings is 2. The minimum absolute atomic E-state index is 0.0758. The van der Waals surface area contributed by atoms with E-state index in [2.05, 4.69) is 11.7 Å². The summed E-state index contributed by atoms with van der Waals surface area (Å²) in [4.78, 5) is 0. The van der Waals surface area contributed by atoms with E-state index < -0.39 is 29.1 Å². The van der Waals surface area contributed by atoms with E-state index in [0.29, 0.717) is 6.61 Å². The molecule has 2 aromatic carbocycles. The van der Waals surface area contributed by atoms with Gasteiger partial charge >= 0.3 is 6.11 Å². The predicted octanol–water partition coefficient (Wildman–Crippen LogP) is 6.68. The molecule has 0 amide bonds. The highest BCUT2D eigenvalue weighted by Gasteiger charge is 2.36. The third kappa shape index (κ3) is 4.89. The van der Waals surface area contributed by atoms with E-state index in [1.54, 1.807) is 19.1 Å². The number of ether oxygens (including phenoxy) is 3. The lowest BCUT2D eigenvalue weighted by atomic mass is 9.93. The van der Waals surface area contributed by atoms with Crippen LogP contribution in [0.2, 0.25) is 0 Å². The molecule has 0 aromatic heterocycles. The van der Waals surface area contributed by atoms with Gasteiger partial charge < -0.3 is 14.2 Å². The van der Waals surface area contributed by atoms with Crippen molar-refractivity contribution in [1.29, 1.82) is 0 Å². The molecule has 7 heteroatoms. The zero-order chi connectivity index (χ0) is 21.7. The molecule has 3 rings (SSSR count). The molecule has 162 valence electrons. The summed E-state index contributed by atoms with van der Waals surface area (Å²) in [5.74, 6) is -3.10. The van der Waals surface area contributed by atoms with Gasteiger partial charge in [0.25, 0.3) is 0 Å². The van der Waals surface area contributed by atoms with Crippen molar-refractivity contribution in [2.75, 3.05) is 13.2 Å². The van der Waals surface area contributed by atoms with Crippen LogP contribution in [0.3, 0.4) is 0 Å². The van der Waals surface area contributed by atoms with Crippen LogP contribution in [0.15, 0.2) is 48.2 Å². The maximum Gasteiger partial charge on any atom is 0.426 e. The van der Waals surface area contributed by atoms with Crippen LogP contribution in [-0.2, 0) is 10.8 Å². The standard InChI is InChI=1S/C23H24F4O3/c1-3-5-18-11-8-16(14-29-18)15-6-9-17(10-7-15)23(26,27)30-20-13-12-19(28-4-2)21(24)22(20)25/h6-7,9-13,16H,3-5,8,14H2,1-2H3. The molecule has 1 aliphatic rings. The number of allylic oxidation sites excluding steroid dienone is 2. The van der Waals surface area contributed by atoms with Gasteiger partial charge in [0, 0.05) is 12.3 Å². The van der Waals surface area contributed by atoms with E-state index in [1.165, 1.54) is 12.1 Å². The second kappa shape index (κ2) is 9.41. The van der Waals surface area contributed by atoms with Crippen molar-refractivity contribution in [2.24, 2.45) is 0 Å². The van der Waals surface area contributed by atoms with Crippen LogP contribution >= 0.6 is 0 Å². The lowest BCUT2D eigenvalue weighted by Crippen LogP contribution is -2.23. The van der Waals surface area contributed by atoms with Crippen LogP contribution in [-0.4, -0.2) is 13.2 Å². The van der Waals surface area contributed by atoms with Crippen LogP contribution in [0.5, 0.6) is 11.5 Å². The molecule has 1 heterocycles. The van der Waals surface area contributed by atoms with Crippen molar-refractivity contribution < 1.29 is 31.8 Å². The fourth-order valence-electron chi connectivity index (χ4n) is 3.27. The Morgan fingerprint density at radius 1 is 1.00 bits per heavy atom. The highest BCUT2D eigenvalue weighted by atomic mass is 19.3. The Morgan fingerprint density at radius 3 is 2.27 bits per heavy atom. The summed E-state index contributed by atoms with van der Waals surface area (Å²) in [7, 11) is 0. The highest BCUT2D eigenvalue weighted by molar-refractivity contribution is 5.36. The third-order valence-electron chi connectivity index (χ3n) is 4.86. The largest absolute Gasteiger partial charge is 0.498 e. The molecule has 0 bridgehead atoms. The minimum atomic E-state index is -3.84. The number of halogens is 4. The maximum absolute atomic E-state index is 14.5. The molecule has 1 aliphatic heterocycles. The first-order valence-corrected chi connectivity index (χ1v) is 9.95. The average Bonchev–Trinajstić information content (AvgIpc) is 2.74. The Bertz CT molecular complexity index is 894. The number of hydrogen-bond acceptors (Lipinski definition) is 3. The van der Waals surface area contributed by atoms with E-state index in [4.69, 9.17) is 9.47 Å². The second-order valence-corrected chi connectivity index (χ2v) is 7.03. The summed E-state index contributed by atoms with van der Waals surface area (Å²) in [6.45, 7) is 4.28. The molecule has 1 unspecified atom stereocenters. The zero-order valence-corrected chi connectivity index (χ0v) is 16.9. The molecule has 0 spiro atoms. The van der Waals surface area contributed by atoms with Crippen molar-refractivity contribution in [3.8, 4) is 11.5 Å². The van der Waals surface area contributed by atoms with E-state index in [1.807, 2.05) is 6.08 Å². The van der Waals surface area contributed by atoms with Crippen molar-refractivity contribution in [2.45, 2.75) is 45.1 Å². The molecule has 30 heavy (non-hydrogen) atoms. The lowest BCUT2D eigenvalue weighted by molar-refractivity contribution is -0.187. The molecule has 3 nitrogen and oxygen atoms in total. The zero-order valence-electron chi connectivity index (χ0n) is 16.9. The summed E-state index contributed by atoms with van der Waals surface area (Å²) in [6.07, 6.45) is 0.859. The van der Waals surface area contributed by atoms with E-state index >= 15 is 0 Å². The van der Waals surface area contributed by atoms with Gasteiger partial charge in [-0.25, -0.2) is 0 Å². The number of rotatable bonds is 8. The van der Waals surface area contributed by atoms with Gasteiger partial charge in [-0.1, -0.05) is 19.1 Å². The Balaban J connectivity index is 1.72. The molecule has 0 aliphatic carbocycles. The molecule has 0 saturated heterocycles. The predicted molar refractivity (Wildman–Crippen MR) is 105 cm³/mol. The first-order chi connectivity index (χ1) is 14.4. The topological polar surface area (TPSA) is 27.7 Å². The van der Waals surface area contributed by atoms with Crippen LogP contribution in [0.25, 0.3) is 0 Å². The fraction of sp³-hybridized carbons (Fsp3) is 0.391. The Hall–Kier alpha value is -2.70. The van der Waals surface area contributed by atoms with E-state index in [0.717, 1.165) is 42.7 Å². The van der Waals surface area contributed by atoms with Gasteiger partial charge in [0.05, 0.1) is 24.5 Å². The first kappa shape index (κ1) is 22.0. The summed E-state index contributed by atoms with van der Waals surface area (Å²) < 4.78 is 72.2. The lowest BCUT2D eigenvalue weighted by Gasteiger charge is -2.24. The van der Waals surface area contributed by atoms with Crippen molar-refractivity contribution in [3.63, 3.8) is 0 Å². The Morgan fingerprint density at radius 2 is 1.67 bits per heavy atom. The number of hydrogen-bond donors (Lipinski definition) is 0. The molecule has 0 radical (unpaired) electrons. The normalized spacial score (nSPS) is 16.6. The first-order valence-electron chi connectivity index (χ1n) is 9.95. The average molecular weight is 424 g/mol. The van der Waals surface area contributed by atoms with Gasteiger partial charge in [-0.05, 0) is 55.7 Å². The summed E-state index contributed by atoms with van der Waals surface area (Å²) >= 11 is 0. The van der Waals surface area contributed by atoms with Gasteiger partial charge in [0.15, 0.2) is 11.5 Å². The van der Waals surface area contributed by atoms with Gasteiger partial charge in [0.1, 0.15) is 0 Å². The van der Waals surface area contributed by atoms with Crippen molar-refractivity contribution in [3.05, 3.63) is 71.0 Å². The highest BCUT2D eigenvalue weighted by Crippen LogP contribution is 2.36. The molecular formula is C23H24F4O3. The van der Waals surface area contributed by atoms with Gasteiger partial charge in [0.2, 0.25) is 11.6 Å². The van der Waals surface area contributed by atoms with Crippen molar-refractivity contribution >= 4 is 0 Å². The Labute approximate surface area is 173 Å². The molecule has 0 fully saturated rings. The fourth-order valence-corrected chi connectivity index (χ4v) is 3.27. The van der Waals surface area contributed by atoms with Crippen LogP contribution in [0.4, 0.5) is 17.6 Å². The summed E-state index contributed by atoms with van der Waals surface area (Å²) in [5.41, 5.74) is 0.401. The second-order valence-electron chi connectivity index (χ2n) is 7.03. The quantitative estimate of drug-likeness (QED) is 0.443. The molecule has 1 atom stereocenters. The molecule has 0 N–H and O–H groups in total. The number of alkyl halides is 2. The smallest absolute Gasteiger partial charge is 0.426 e. The third-order valence-corrected chi connectivity index (χ3v) is 4.86. The summed E-state index contributed by atoms with van der Waals surface area (Å²) in [6, 6.07) is 7.58. The SMILES string of the molecule is CCCC1=CCC(c2ccc(C(F)(F)Oc3ccc(OCC)c(F)c3F)cc2)CO1. The summed E-state index contributed by atoms with van der Waals surface area (Å²) in [5, 5.41) is 0. The Kier molecular flexibility index (Phi) is 6.90. The molecule has 0 saturated carbocycles. The van der Waals surface area contributed by atoms with E-state index in [-0.39, 0.29) is 18.3 Å². The molecule has 2 aromatic rings. The maximum atomic E-state index is 14.5. The minimum Gasteiger partial charge on any atom is -0.498 e. The van der Waals surface area contributed by atoms with E-state index in [9.17, 15) is 17.6 Å². The van der Waals surface area contributed by atoms with Gasteiger partial charge in [-0.15, -0.1) is 0 Å². The monoisotopic (exact) mass is 424 g/mol. The van der Waals surface area contributed by atoms with Crippen LogP contribution < -0.4 is 9.47 Å². The van der Waals surface area contributed by atoms with Crippen LogP contribution in [0, 0.1) is 11.6 Å². The van der Waals surface area contributed by atoms with Gasteiger partial charge in [-0.3, -0.25) is 0 Å². The van der Waals surface area contributed by atoms with Crippen molar-refractivity contribution in [1.82, 2.24) is 0 Å². The van der Waals surface area contributed by atoms with Crippen LogP contribution in [0.1, 0.15) is 50.2 Å².